The molecule has 4 heteroatoms. The molecule has 4 aromatic carbocycles. The van der Waals surface area contributed by atoms with Crippen molar-refractivity contribution >= 4 is 17.4 Å². The molecule has 1 atom stereocenters. The highest BCUT2D eigenvalue weighted by atomic mass is 28.2. The Kier molecular flexibility index (Phi) is 10.3. The Morgan fingerprint density at radius 3 is 1.64 bits per heavy atom. The molecule has 0 N–H and O–H groups in total. The van der Waals surface area contributed by atoms with Crippen molar-refractivity contribution in [3.05, 3.63) is 174 Å². The van der Waals surface area contributed by atoms with Crippen LogP contribution in [-0.4, -0.2) is 26.9 Å². The van der Waals surface area contributed by atoms with Gasteiger partial charge in [-0.2, -0.15) is 0 Å². The van der Waals surface area contributed by atoms with E-state index in [-0.39, 0.29) is 5.16 Å². The lowest BCUT2D eigenvalue weighted by Crippen LogP contribution is -2.43. The zero-order chi connectivity index (χ0) is 27.3. The Labute approximate surface area is 237 Å². The van der Waals surface area contributed by atoms with Gasteiger partial charge < -0.3 is 4.57 Å². The summed E-state index contributed by atoms with van der Waals surface area (Å²) in [6.07, 6.45) is 11.8. The lowest BCUT2D eigenvalue weighted by atomic mass is 9.76. The third kappa shape index (κ3) is 7.16. The third-order valence-electron chi connectivity index (χ3n) is 7.36. The Morgan fingerprint density at radius 1 is 0.769 bits per heavy atom. The topological polar surface area (TPSA) is 17.8 Å². The van der Waals surface area contributed by atoms with E-state index >= 15 is 0 Å². The molecular formula is C35H39BN2Si. The second-order valence-corrected chi connectivity index (χ2v) is 12.8. The van der Waals surface area contributed by atoms with Crippen molar-refractivity contribution in [2.24, 2.45) is 0 Å². The highest BCUT2D eigenvalue weighted by molar-refractivity contribution is 6.44. The molecule has 1 heterocycles. The van der Waals surface area contributed by atoms with E-state index in [2.05, 4.69) is 171 Å². The fourth-order valence-electron chi connectivity index (χ4n) is 5.30. The number of rotatable bonds is 9. The number of hydrogen-bond acceptors (Lipinski definition) is 1. The van der Waals surface area contributed by atoms with Crippen LogP contribution in [0, 0.1) is 0 Å². The van der Waals surface area contributed by atoms with Gasteiger partial charge in [0.1, 0.15) is 7.85 Å². The normalized spacial score (nSPS) is 12.5. The molecular weight excluding hydrogens is 487 g/mol. The molecule has 5 rings (SSSR count). The molecule has 0 saturated heterocycles. The SMILES string of the molecule is BC(c1ccccc1)c1ccccc1.CCC=CC(C)[SiH2]C(c1ccccc1)(c1ccccc1)n1ccnc1. The van der Waals surface area contributed by atoms with Gasteiger partial charge in [0.2, 0.25) is 0 Å². The minimum absolute atomic E-state index is 0.128. The van der Waals surface area contributed by atoms with Crippen LogP contribution in [0.15, 0.2) is 152 Å². The van der Waals surface area contributed by atoms with Crippen LogP contribution in [0.1, 0.15) is 48.3 Å². The summed E-state index contributed by atoms with van der Waals surface area (Å²) in [7, 11) is 1.63. The van der Waals surface area contributed by atoms with Crippen LogP contribution in [0.25, 0.3) is 0 Å². The molecule has 0 radical (unpaired) electrons. The van der Waals surface area contributed by atoms with Gasteiger partial charge in [0, 0.05) is 12.4 Å². The third-order valence-corrected chi connectivity index (χ3v) is 10.1. The van der Waals surface area contributed by atoms with Crippen LogP contribution < -0.4 is 0 Å². The van der Waals surface area contributed by atoms with Crippen LogP contribution in [0.3, 0.4) is 0 Å². The number of aromatic nitrogens is 2. The Morgan fingerprint density at radius 2 is 1.23 bits per heavy atom. The summed E-state index contributed by atoms with van der Waals surface area (Å²) in [4.78, 5) is 4.38. The molecule has 39 heavy (non-hydrogen) atoms. The maximum atomic E-state index is 4.38. The molecule has 5 aromatic rings. The number of allylic oxidation sites excluding steroid dienone is 2. The minimum Gasteiger partial charge on any atom is -0.327 e. The molecule has 0 spiro atoms. The van der Waals surface area contributed by atoms with E-state index in [4.69, 9.17) is 0 Å². The molecule has 0 bridgehead atoms. The summed E-state index contributed by atoms with van der Waals surface area (Å²) in [5.41, 5.74) is 6.03. The summed E-state index contributed by atoms with van der Waals surface area (Å²) in [6.45, 7) is 4.55. The van der Waals surface area contributed by atoms with E-state index in [1.54, 1.807) is 0 Å². The summed E-state index contributed by atoms with van der Waals surface area (Å²) in [6, 6.07) is 43.0. The highest BCUT2D eigenvalue weighted by Crippen LogP contribution is 2.36. The average Bonchev–Trinajstić information content (AvgIpc) is 3.56. The van der Waals surface area contributed by atoms with Crippen molar-refractivity contribution in [3.8, 4) is 0 Å². The molecule has 0 aliphatic rings. The lowest BCUT2D eigenvalue weighted by Gasteiger charge is -2.38. The predicted molar refractivity (Wildman–Crippen MR) is 172 cm³/mol. The summed E-state index contributed by atoms with van der Waals surface area (Å²) >= 11 is 0. The molecule has 0 aliphatic heterocycles. The van der Waals surface area contributed by atoms with Gasteiger partial charge in [-0.15, -0.1) is 0 Å². The fraction of sp³-hybridized carbons (Fsp3) is 0.171. The zero-order valence-corrected chi connectivity index (χ0v) is 24.8. The van der Waals surface area contributed by atoms with Crippen molar-refractivity contribution in [3.63, 3.8) is 0 Å². The van der Waals surface area contributed by atoms with Gasteiger partial charge in [0.15, 0.2) is 0 Å². The zero-order valence-electron chi connectivity index (χ0n) is 23.4. The molecule has 0 aliphatic carbocycles. The molecule has 1 unspecified atom stereocenters. The van der Waals surface area contributed by atoms with Crippen LogP contribution >= 0.6 is 0 Å². The van der Waals surface area contributed by atoms with E-state index < -0.39 is 9.52 Å². The molecule has 0 fully saturated rings. The van der Waals surface area contributed by atoms with Crippen molar-refractivity contribution in [2.45, 2.75) is 36.8 Å². The Hall–Kier alpha value is -3.89. The van der Waals surface area contributed by atoms with E-state index in [9.17, 15) is 0 Å². The molecule has 2 nitrogen and oxygen atoms in total. The summed E-state index contributed by atoms with van der Waals surface area (Å²) in [5.74, 6) is 0.484. The van der Waals surface area contributed by atoms with Gasteiger partial charge in [0.25, 0.3) is 0 Å². The van der Waals surface area contributed by atoms with Gasteiger partial charge >= 0.3 is 0 Å². The second-order valence-electron chi connectivity index (χ2n) is 10.1. The predicted octanol–water partition coefficient (Wildman–Crippen LogP) is 6.99. The first kappa shape index (κ1) is 28.1. The van der Waals surface area contributed by atoms with Gasteiger partial charge in [-0.1, -0.05) is 147 Å². The van der Waals surface area contributed by atoms with Crippen molar-refractivity contribution in [1.29, 1.82) is 0 Å². The number of imidazole rings is 1. The van der Waals surface area contributed by atoms with Gasteiger partial charge in [-0.3, -0.25) is 0 Å². The maximum absolute atomic E-state index is 4.38. The Balaban J connectivity index is 0.000000212. The van der Waals surface area contributed by atoms with E-state index in [1.165, 1.54) is 22.3 Å². The smallest absolute Gasteiger partial charge is 0.116 e. The van der Waals surface area contributed by atoms with E-state index in [0.29, 0.717) is 11.4 Å². The van der Waals surface area contributed by atoms with Crippen molar-refractivity contribution in [1.82, 2.24) is 9.55 Å². The molecule has 196 valence electrons. The first-order valence-corrected chi connectivity index (χ1v) is 15.5. The quantitative estimate of drug-likeness (QED) is 0.150. The van der Waals surface area contributed by atoms with Gasteiger partial charge in [-0.25, -0.2) is 4.98 Å². The Bertz CT molecular complexity index is 1290. The molecule has 0 saturated carbocycles. The molecule has 0 amide bonds. The van der Waals surface area contributed by atoms with Crippen molar-refractivity contribution < 1.29 is 0 Å². The van der Waals surface area contributed by atoms with E-state index in [0.717, 1.165) is 6.42 Å². The largest absolute Gasteiger partial charge is 0.327 e. The number of benzene rings is 4. The minimum atomic E-state index is -0.607. The van der Waals surface area contributed by atoms with E-state index in [1.807, 2.05) is 12.5 Å². The summed E-state index contributed by atoms with van der Waals surface area (Å²) < 4.78 is 2.32. The fourth-order valence-corrected chi connectivity index (χ4v) is 7.90. The molecule has 1 aromatic heterocycles. The van der Waals surface area contributed by atoms with Gasteiger partial charge in [0.05, 0.1) is 21.0 Å². The van der Waals surface area contributed by atoms with Crippen LogP contribution in [0.5, 0.6) is 0 Å². The maximum Gasteiger partial charge on any atom is 0.116 e. The van der Waals surface area contributed by atoms with Gasteiger partial charge in [-0.05, 0) is 40.0 Å². The summed E-state index contributed by atoms with van der Waals surface area (Å²) in [5, 5.41) is -0.128. The first-order valence-electron chi connectivity index (χ1n) is 14.0. The van der Waals surface area contributed by atoms with Crippen LogP contribution in [-0.2, 0) is 5.16 Å². The average molecular weight is 527 g/mol. The lowest BCUT2D eigenvalue weighted by molar-refractivity contribution is 0.587. The highest BCUT2D eigenvalue weighted by Gasteiger charge is 2.37. The standard InChI is InChI=1S/C22H26N2Si.C13H13B/c1-3-4-11-19(2)25-22(24-17-16-23-18-24,20-12-7-5-8-13-20)21-14-9-6-10-15-21;14-13(11-7-3-1-4-8-11)12-9-5-2-6-10-12/h4-19H,3,25H2,1-2H3;1-10,13H,14H2. The first-order chi connectivity index (χ1) is 19.1. The monoisotopic (exact) mass is 526 g/mol. The second kappa shape index (κ2) is 14.3. The number of nitrogens with zero attached hydrogens (tertiary/aromatic N) is 2. The number of hydrogen-bond donors (Lipinski definition) is 0. The van der Waals surface area contributed by atoms with Crippen molar-refractivity contribution in [2.75, 3.05) is 0 Å². The van der Waals surface area contributed by atoms with Crippen LogP contribution in [0.4, 0.5) is 0 Å². The van der Waals surface area contributed by atoms with Crippen LogP contribution in [0.2, 0.25) is 5.54 Å².